The molecule has 1 nitrogen and oxygen atoms in total. The van der Waals surface area contributed by atoms with Crippen molar-refractivity contribution in [3.8, 4) is 22.3 Å². The summed E-state index contributed by atoms with van der Waals surface area (Å²) in [5.41, 5.74) is 19.2. The zero-order chi connectivity index (χ0) is 35.4. The maximum atomic E-state index is 2.70. The average Bonchev–Trinajstić information content (AvgIpc) is 3.55. The van der Waals surface area contributed by atoms with Crippen LogP contribution >= 0.6 is 0 Å². The molecule has 0 saturated heterocycles. The van der Waals surface area contributed by atoms with Crippen LogP contribution in [-0.2, 0) is 21.7 Å². The lowest BCUT2D eigenvalue weighted by Gasteiger charge is -2.61. The van der Waals surface area contributed by atoms with Gasteiger partial charge in [-0.1, -0.05) is 114 Å². The van der Waals surface area contributed by atoms with Crippen molar-refractivity contribution in [1.29, 1.82) is 0 Å². The van der Waals surface area contributed by atoms with E-state index in [0.717, 1.165) is 23.7 Å². The fraction of sp³-hybridized carbons (Fsp3) is 0.412. The minimum absolute atomic E-state index is 0.0155. The highest BCUT2D eigenvalue weighted by Crippen LogP contribution is 2.70. The van der Waals surface area contributed by atoms with Crippen LogP contribution in [0.3, 0.4) is 0 Å². The molecule has 7 aliphatic rings. The molecular formula is C51H53N. The van der Waals surface area contributed by atoms with Gasteiger partial charge in [-0.3, -0.25) is 0 Å². The van der Waals surface area contributed by atoms with Crippen LogP contribution in [0.1, 0.15) is 120 Å². The Morgan fingerprint density at radius 2 is 1.02 bits per heavy atom. The van der Waals surface area contributed by atoms with Crippen LogP contribution in [0.15, 0.2) is 103 Å². The third-order valence-corrected chi connectivity index (χ3v) is 15.7. The van der Waals surface area contributed by atoms with Crippen LogP contribution in [0.4, 0.5) is 17.1 Å². The first kappa shape index (κ1) is 31.4. The van der Waals surface area contributed by atoms with E-state index in [1.165, 1.54) is 107 Å². The van der Waals surface area contributed by atoms with Gasteiger partial charge in [-0.25, -0.2) is 0 Å². The predicted octanol–water partition coefficient (Wildman–Crippen LogP) is 13.5. The Labute approximate surface area is 311 Å². The minimum atomic E-state index is -0.0155. The van der Waals surface area contributed by atoms with Gasteiger partial charge >= 0.3 is 0 Å². The van der Waals surface area contributed by atoms with E-state index in [-0.39, 0.29) is 21.7 Å². The van der Waals surface area contributed by atoms with Gasteiger partial charge in [-0.05, 0) is 165 Å². The van der Waals surface area contributed by atoms with Crippen molar-refractivity contribution in [3.63, 3.8) is 0 Å². The lowest BCUT2D eigenvalue weighted by Crippen LogP contribution is -2.55. The molecule has 7 aliphatic carbocycles. The Bertz CT molecular complexity index is 2290. The summed E-state index contributed by atoms with van der Waals surface area (Å²) in [5, 5.41) is 0. The molecule has 0 heterocycles. The molecule has 12 rings (SSSR count). The van der Waals surface area contributed by atoms with Gasteiger partial charge in [-0.15, -0.1) is 0 Å². The lowest BCUT2D eigenvalue weighted by molar-refractivity contribution is -0.0399. The zero-order valence-corrected chi connectivity index (χ0v) is 32.0. The summed E-state index contributed by atoms with van der Waals surface area (Å²) in [7, 11) is 0. The summed E-state index contributed by atoms with van der Waals surface area (Å²) < 4.78 is 0. The molecule has 262 valence electrons. The highest BCUT2D eigenvalue weighted by Gasteiger charge is 2.61. The van der Waals surface area contributed by atoms with Gasteiger partial charge in [0, 0.05) is 22.2 Å². The molecule has 1 heteroatoms. The first-order valence-electron chi connectivity index (χ1n) is 20.4. The van der Waals surface area contributed by atoms with Crippen molar-refractivity contribution >= 4 is 17.1 Å². The molecule has 0 aromatic heterocycles. The quantitative estimate of drug-likeness (QED) is 0.183. The van der Waals surface area contributed by atoms with Crippen molar-refractivity contribution in [2.45, 2.75) is 108 Å². The third-order valence-electron chi connectivity index (χ3n) is 15.7. The van der Waals surface area contributed by atoms with E-state index in [9.17, 15) is 0 Å². The number of nitrogens with zero attached hydrogens (tertiary/aromatic N) is 1. The summed E-state index contributed by atoms with van der Waals surface area (Å²) in [6, 6.07) is 41.0. The summed E-state index contributed by atoms with van der Waals surface area (Å²) in [5.74, 6) is 3.36. The van der Waals surface area contributed by atoms with Crippen LogP contribution in [0, 0.1) is 23.7 Å². The second kappa shape index (κ2) is 10.3. The van der Waals surface area contributed by atoms with Crippen LogP contribution in [-0.4, -0.2) is 0 Å². The van der Waals surface area contributed by atoms with Crippen molar-refractivity contribution < 1.29 is 0 Å². The average molecular weight is 680 g/mol. The van der Waals surface area contributed by atoms with Crippen LogP contribution in [0.2, 0.25) is 0 Å². The SMILES string of the molecule is CC1(C)CCC(C)(C)c2c(N(c3ccc4c(c3)-c3ccccc3C4(C)C)c3ccc4c(c3)C3(c5ccccc5-4)C4CC5CC(C4)CC3C5)cccc21. The summed E-state index contributed by atoms with van der Waals surface area (Å²) in [4.78, 5) is 2.68. The normalized spacial score (nSPS) is 28.6. The maximum Gasteiger partial charge on any atom is 0.0502 e. The van der Waals surface area contributed by atoms with Crippen molar-refractivity contribution in [2.75, 3.05) is 4.90 Å². The first-order valence-corrected chi connectivity index (χ1v) is 20.4. The summed E-state index contributed by atoms with van der Waals surface area (Å²) in [6.07, 6.45) is 9.52. The Morgan fingerprint density at radius 1 is 0.462 bits per heavy atom. The van der Waals surface area contributed by atoms with E-state index in [0.29, 0.717) is 0 Å². The molecule has 1 spiro atoms. The largest absolute Gasteiger partial charge is 0.310 e. The molecule has 0 radical (unpaired) electrons. The Balaban J connectivity index is 1.17. The van der Waals surface area contributed by atoms with Gasteiger partial charge in [0.2, 0.25) is 0 Å². The minimum Gasteiger partial charge on any atom is -0.310 e. The predicted molar refractivity (Wildman–Crippen MR) is 217 cm³/mol. The molecule has 0 aliphatic heterocycles. The Morgan fingerprint density at radius 3 is 1.75 bits per heavy atom. The molecular weight excluding hydrogens is 627 g/mol. The number of hydrogen-bond donors (Lipinski definition) is 0. The Kier molecular flexibility index (Phi) is 6.23. The van der Waals surface area contributed by atoms with Gasteiger partial charge < -0.3 is 4.90 Å². The van der Waals surface area contributed by atoms with Crippen LogP contribution in [0.25, 0.3) is 22.3 Å². The second-order valence-corrected chi connectivity index (χ2v) is 19.7. The number of hydrogen-bond acceptors (Lipinski definition) is 1. The highest BCUT2D eigenvalue weighted by atomic mass is 15.1. The van der Waals surface area contributed by atoms with E-state index in [4.69, 9.17) is 0 Å². The number of fused-ring (bicyclic) bond motifs is 7. The first-order chi connectivity index (χ1) is 25.0. The third kappa shape index (κ3) is 3.96. The molecule has 4 saturated carbocycles. The second-order valence-electron chi connectivity index (χ2n) is 19.7. The van der Waals surface area contributed by atoms with E-state index < -0.39 is 0 Å². The maximum absolute atomic E-state index is 2.70. The van der Waals surface area contributed by atoms with Crippen molar-refractivity contribution in [3.05, 3.63) is 137 Å². The number of rotatable bonds is 3. The molecule has 5 aromatic carbocycles. The van der Waals surface area contributed by atoms with Gasteiger partial charge in [0.25, 0.3) is 0 Å². The zero-order valence-electron chi connectivity index (χ0n) is 32.0. The molecule has 0 N–H and O–H groups in total. The van der Waals surface area contributed by atoms with E-state index >= 15 is 0 Å². The molecule has 4 bridgehead atoms. The standard InChI is InChI=1S/C51H53N/c1-48(2)22-23-49(3,4)47-44(48)16-11-17-46(47)52(35-19-21-42-40(29-35)38-13-7-9-14-41(38)50(42,5)6)36-18-20-39-37-12-8-10-15-43(37)51(45(39)30-36)33-25-31-24-32(27-33)28-34(51)26-31/h7-21,29-34H,22-28H2,1-6H3. The molecule has 4 fully saturated rings. The van der Waals surface area contributed by atoms with E-state index in [2.05, 4.69) is 150 Å². The monoisotopic (exact) mass is 679 g/mol. The van der Waals surface area contributed by atoms with Gasteiger partial charge in [0.1, 0.15) is 0 Å². The number of anilines is 3. The van der Waals surface area contributed by atoms with Crippen LogP contribution in [0.5, 0.6) is 0 Å². The summed E-state index contributed by atoms with van der Waals surface area (Å²) in [6.45, 7) is 14.7. The van der Waals surface area contributed by atoms with Crippen molar-refractivity contribution in [2.24, 2.45) is 23.7 Å². The van der Waals surface area contributed by atoms with Gasteiger partial charge in [0.05, 0.1) is 5.69 Å². The van der Waals surface area contributed by atoms with Crippen LogP contribution < -0.4 is 4.90 Å². The lowest BCUT2D eigenvalue weighted by atomic mass is 9.43. The fourth-order valence-corrected chi connectivity index (χ4v) is 13.4. The number of benzene rings is 5. The smallest absolute Gasteiger partial charge is 0.0502 e. The van der Waals surface area contributed by atoms with Crippen molar-refractivity contribution in [1.82, 2.24) is 0 Å². The highest BCUT2D eigenvalue weighted by molar-refractivity contribution is 5.90. The molecule has 0 unspecified atom stereocenters. The summed E-state index contributed by atoms with van der Waals surface area (Å²) >= 11 is 0. The topological polar surface area (TPSA) is 3.24 Å². The fourth-order valence-electron chi connectivity index (χ4n) is 13.4. The van der Waals surface area contributed by atoms with E-state index in [1.54, 1.807) is 11.1 Å². The Hall–Kier alpha value is -4.10. The molecule has 52 heavy (non-hydrogen) atoms. The molecule has 0 atom stereocenters. The van der Waals surface area contributed by atoms with E-state index in [1.807, 2.05) is 0 Å². The molecule has 0 amide bonds. The molecule has 5 aromatic rings. The van der Waals surface area contributed by atoms with Gasteiger partial charge in [-0.2, -0.15) is 0 Å². The van der Waals surface area contributed by atoms with Gasteiger partial charge in [0.15, 0.2) is 0 Å².